The Morgan fingerprint density at radius 1 is 1.15 bits per heavy atom. The van der Waals surface area contributed by atoms with Gasteiger partial charge >= 0.3 is 0 Å². The molecule has 3 rings (SSSR count). The Hall–Kier alpha value is -3.26. The van der Waals surface area contributed by atoms with Gasteiger partial charge in [-0.15, -0.1) is 5.10 Å². The lowest BCUT2D eigenvalue weighted by Gasteiger charge is -2.17. The van der Waals surface area contributed by atoms with Crippen LogP contribution in [0.25, 0.3) is 5.69 Å². The third kappa shape index (κ3) is 4.89. The van der Waals surface area contributed by atoms with E-state index in [0.717, 1.165) is 11.3 Å². The van der Waals surface area contributed by atoms with Crippen LogP contribution >= 0.6 is 11.6 Å². The van der Waals surface area contributed by atoms with Crippen molar-refractivity contribution in [3.8, 4) is 5.69 Å². The van der Waals surface area contributed by atoms with Crippen LogP contribution in [0.15, 0.2) is 54.9 Å². The molecule has 0 saturated carbocycles. The fourth-order valence-electron chi connectivity index (χ4n) is 2.41. The van der Waals surface area contributed by atoms with E-state index in [2.05, 4.69) is 20.8 Å². The second-order valence-corrected chi connectivity index (χ2v) is 6.28. The third-order valence-corrected chi connectivity index (χ3v) is 4.19. The van der Waals surface area contributed by atoms with Crippen LogP contribution in [-0.2, 0) is 16.0 Å². The SMILES string of the molecule is CN(CC(=O)Nc1ccccc1Cl)C(=O)Cc1ccc(-n2cnnn2)cc1. The molecule has 2 amide bonds. The molecular formula is C18H17ClN6O2. The Kier molecular flexibility index (Phi) is 5.77. The maximum absolute atomic E-state index is 12.4. The molecule has 0 aliphatic carbocycles. The van der Waals surface area contributed by atoms with E-state index < -0.39 is 0 Å². The number of nitrogens with one attached hydrogen (secondary N) is 1. The molecule has 0 bridgehead atoms. The number of rotatable bonds is 6. The minimum absolute atomic E-state index is 0.0627. The maximum Gasteiger partial charge on any atom is 0.244 e. The van der Waals surface area contributed by atoms with Gasteiger partial charge in [-0.2, -0.15) is 0 Å². The van der Waals surface area contributed by atoms with Gasteiger partial charge in [-0.05, 0) is 40.3 Å². The zero-order valence-electron chi connectivity index (χ0n) is 14.5. The Morgan fingerprint density at radius 3 is 2.56 bits per heavy atom. The second-order valence-electron chi connectivity index (χ2n) is 5.88. The molecule has 138 valence electrons. The van der Waals surface area contributed by atoms with Crippen molar-refractivity contribution in [2.24, 2.45) is 0 Å². The zero-order valence-corrected chi connectivity index (χ0v) is 15.3. The summed E-state index contributed by atoms with van der Waals surface area (Å²) in [6.07, 6.45) is 1.68. The van der Waals surface area contributed by atoms with E-state index in [9.17, 15) is 9.59 Å². The molecule has 0 atom stereocenters. The molecule has 9 heteroatoms. The first-order valence-corrected chi connectivity index (χ1v) is 8.51. The normalized spacial score (nSPS) is 10.4. The van der Waals surface area contributed by atoms with Gasteiger partial charge < -0.3 is 10.2 Å². The van der Waals surface area contributed by atoms with Gasteiger partial charge in [0.05, 0.1) is 29.4 Å². The molecule has 0 unspecified atom stereocenters. The summed E-state index contributed by atoms with van der Waals surface area (Å²) in [5, 5.41) is 14.1. The highest BCUT2D eigenvalue weighted by atomic mass is 35.5. The number of carbonyl (C=O) groups excluding carboxylic acids is 2. The number of hydrogen-bond donors (Lipinski definition) is 1. The Balaban J connectivity index is 1.54. The molecule has 0 radical (unpaired) electrons. The molecule has 8 nitrogen and oxygen atoms in total. The number of tetrazole rings is 1. The van der Waals surface area contributed by atoms with Gasteiger partial charge in [0.25, 0.3) is 0 Å². The summed E-state index contributed by atoms with van der Waals surface area (Å²) in [6.45, 7) is -0.0627. The molecule has 0 aliphatic rings. The predicted molar refractivity (Wildman–Crippen MR) is 101 cm³/mol. The number of likely N-dealkylation sites (N-methyl/N-ethyl adjacent to an activating group) is 1. The van der Waals surface area contributed by atoms with Crippen molar-refractivity contribution in [1.82, 2.24) is 25.1 Å². The number of para-hydroxylation sites is 1. The number of anilines is 1. The van der Waals surface area contributed by atoms with E-state index in [0.29, 0.717) is 10.7 Å². The molecule has 0 spiro atoms. The van der Waals surface area contributed by atoms with Gasteiger partial charge in [-0.1, -0.05) is 35.9 Å². The van der Waals surface area contributed by atoms with Crippen LogP contribution in [0, 0.1) is 0 Å². The lowest BCUT2D eigenvalue weighted by Crippen LogP contribution is -2.35. The zero-order chi connectivity index (χ0) is 19.2. The number of carbonyl (C=O) groups is 2. The topological polar surface area (TPSA) is 93.0 Å². The van der Waals surface area contributed by atoms with Crippen LogP contribution in [0.1, 0.15) is 5.56 Å². The molecule has 0 aliphatic heterocycles. The Morgan fingerprint density at radius 2 is 1.89 bits per heavy atom. The average molecular weight is 385 g/mol. The first-order chi connectivity index (χ1) is 13.0. The maximum atomic E-state index is 12.4. The van der Waals surface area contributed by atoms with Crippen LogP contribution < -0.4 is 5.32 Å². The van der Waals surface area contributed by atoms with E-state index in [4.69, 9.17) is 11.6 Å². The highest BCUT2D eigenvalue weighted by Gasteiger charge is 2.14. The molecular weight excluding hydrogens is 368 g/mol. The minimum Gasteiger partial charge on any atom is -0.336 e. The summed E-state index contributed by atoms with van der Waals surface area (Å²) >= 11 is 6.02. The number of amides is 2. The van der Waals surface area contributed by atoms with Gasteiger partial charge in [-0.3, -0.25) is 9.59 Å². The van der Waals surface area contributed by atoms with E-state index in [1.54, 1.807) is 31.3 Å². The van der Waals surface area contributed by atoms with Crippen LogP contribution in [0.5, 0.6) is 0 Å². The summed E-state index contributed by atoms with van der Waals surface area (Å²) in [4.78, 5) is 25.9. The molecule has 1 heterocycles. The quantitative estimate of drug-likeness (QED) is 0.701. The third-order valence-electron chi connectivity index (χ3n) is 3.86. The monoisotopic (exact) mass is 384 g/mol. The molecule has 2 aromatic carbocycles. The summed E-state index contributed by atoms with van der Waals surface area (Å²) in [7, 11) is 1.59. The number of nitrogens with zero attached hydrogens (tertiary/aromatic N) is 5. The summed E-state index contributed by atoms with van der Waals surface area (Å²) in [5.74, 6) is -0.479. The highest BCUT2D eigenvalue weighted by Crippen LogP contribution is 2.20. The molecule has 1 N–H and O–H groups in total. The van der Waals surface area contributed by atoms with E-state index >= 15 is 0 Å². The van der Waals surface area contributed by atoms with Crippen molar-refractivity contribution in [2.45, 2.75) is 6.42 Å². The van der Waals surface area contributed by atoms with E-state index in [1.165, 1.54) is 15.9 Å². The van der Waals surface area contributed by atoms with Crippen molar-refractivity contribution >= 4 is 29.1 Å². The second kappa shape index (κ2) is 8.41. The first-order valence-electron chi connectivity index (χ1n) is 8.13. The fourth-order valence-corrected chi connectivity index (χ4v) is 2.59. The van der Waals surface area contributed by atoms with Crippen molar-refractivity contribution in [3.05, 3.63) is 65.4 Å². The van der Waals surface area contributed by atoms with Crippen molar-refractivity contribution in [3.63, 3.8) is 0 Å². The largest absolute Gasteiger partial charge is 0.336 e. The predicted octanol–water partition coefficient (Wildman–Crippen LogP) is 1.96. The van der Waals surface area contributed by atoms with E-state index in [1.807, 2.05) is 24.3 Å². The number of benzene rings is 2. The Labute approximate surface area is 160 Å². The number of halogens is 1. The number of aromatic nitrogens is 4. The van der Waals surface area contributed by atoms with Gasteiger partial charge in [0, 0.05) is 7.05 Å². The smallest absolute Gasteiger partial charge is 0.244 e. The molecule has 27 heavy (non-hydrogen) atoms. The van der Waals surface area contributed by atoms with Crippen molar-refractivity contribution in [1.29, 1.82) is 0 Å². The average Bonchev–Trinajstić information content (AvgIpc) is 3.19. The highest BCUT2D eigenvalue weighted by molar-refractivity contribution is 6.33. The molecule has 1 aromatic heterocycles. The lowest BCUT2D eigenvalue weighted by atomic mass is 10.1. The van der Waals surface area contributed by atoms with Gasteiger partial charge in [0.15, 0.2) is 0 Å². The standard InChI is InChI=1S/C18H17ClN6O2/c1-24(11-17(26)21-16-5-3-2-4-15(16)19)18(27)10-13-6-8-14(9-7-13)25-12-20-22-23-25/h2-9,12H,10-11H2,1H3,(H,21,26). The lowest BCUT2D eigenvalue weighted by molar-refractivity contribution is -0.132. The van der Waals surface area contributed by atoms with Crippen LogP contribution in [0.3, 0.4) is 0 Å². The number of hydrogen-bond acceptors (Lipinski definition) is 5. The molecule has 0 fully saturated rings. The van der Waals surface area contributed by atoms with Gasteiger partial charge in [0.1, 0.15) is 6.33 Å². The van der Waals surface area contributed by atoms with Gasteiger partial charge in [-0.25, -0.2) is 4.68 Å². The summed E-state index contributed by atoms with van der Waals surface area (Å²) in [6, 6.07) is 14.2. The van der Waals surface area contributed by atoms with Crippen LogP contribution in [0.2, 0.25) is 5.02 Å². The van der Waals surface area contributed by atoms with Crippen LogP contribution in [0.4, 0.5) is 5.69 Å². The van der Waals surface area contributed by atoms with E-state index in [-0.39, 0.29) is 24.8 Å². The van der Waals surface area contributed by atoms with Crippen LogP contribution in [-0.4, -0.2) is 50.5 Å². The Bertz CT molecular complexity index is 927. The minimum atomic E-state index is -0.312. The molecule has 0 saturated heterocycles. The van der Waals surface area contributed by atoms with Crippen molar-refractivity contribution < 1.29 is 9.59 Å². The molecule has 3 aromatic rings. The van der Waals surface area contributed by atoms with Gasteiger partial charge in [0.2, 0.25) is 11.8 Å². The summed E-state index contributed by atoms with van der Waals surface area (Å²) in [5.41, 5.74) is 2.14. The first kappa shape index (κ1) is 18.5. The van der Waals surface area contributed by atoms with Crippen molar-refractivity contribution in [2.75, 3.05) is 18.9 Å². The summed E-state index contributed by atoms with van der Waals surface area (Å²) < 4.78 is 1.52. The fraction of sp³-hybridized carbons (Fsp3) is 0.167.